The van der Waals surface area contributed by atoms with E-state index in [1.807, 2.05) is 13.8 Å². The van der Waals surface area contributed by atoms with Crippen LogP contribution in [0.3, 0.4) is 0 Å². The van der Waals surface area contributed by atoms with Gasteiger partial charge in [-0.3, -0.25) is 4.79 Å². The minimum atomic E-state index is -0.527. The Bertz CT molecular complexity index is 573. The van der Waals surface area contributed by atoms with E-state index in [0.29, 0.717) is 15.4 Å². The zero-order valence-electron chi connectivity index (χ0n) is 11.5. The average Bonchev–Trinajstić information content (AvgIpc) is 2.70. The van der Waals surface area contributed by atoms with Gasteiger partial charge in [0.05, 0.1) is 10.6 Å². The van der Waals surface area contributed by atoms with Crippen molar-refractivity contribution in [3.8, 4) is 0 Å². The second-order valence-corrected chi connectivity index (χ2v) is 4.91. The zero-order valence-corrected chi connectivity index (χ0v) is 12.3. The van der Waals surface area contributed by atoms with E-state index in [2.05, 4.69) is 4.98 Å². The van der Waals surface area contributed by atoms with Crippen LogP contribution in [0.25, 0.3) is 0 Å². The molecule has 0 fully saturated rings. The molecule has 0 saturated heterocycles. The molecule has 0 spiro atoms. The van der Waals surface area contributed by atoms with Crippen molar-refractivity contribution in [3.05, 3.63) is 45.0 Å². The van der Waals surface area contributed by atoms with Crippen molar-refractivity contribution < 1.29 is 9.18 Å². The van der Waals surface area contributed by atoms with E-state index in [-0.39, 0.29) is 11.4 Å². The maximum atomic E-state index is 13.6. The van der Waals surface area contributed by atoms with Gasteiger partial charge in [0.2, 0.25) is 5.78 Å². The van der Waals surface area contributed by atoms with E-state index in [0.717, 1.165) is 0 Å². The second-order valence-electron chi connectivity index (χ2n) is 3.71. The lowest BCUT2D eigenvalue weighted by atomic mass is 10.0. The Morgan fingerprint density at radius 2 is 1.95 bits per heavy atom. The fraction of sp³-hybridized carbons (Fsp3) is 0.286. The first-order chi connectivity index (χ1) is 9.00. The maximum absolute atomic E-state index is 13.6. The predicted molar refractivity (Wildman–Crippen MR) is 77.2 cm³/mol. The summed E-state index contributed by atoms with van der Waals surface area (Å²) in [6, 6.07) is 4.54. The van der Waals surface area contributed by atoms with Gasteiger partial charge in [-0.2, -0.15) is 0 Å². The van der Waals surface area contributed by atoms with Crippen LogP contribution in [-0.4, -0.2) is 10.8 Å². The van der Waals surface area contributed by atoms with Crippen molar-refractivity contribution in [2.75, 3.05) is 5.73 Å². The van der Waals surface area contributed by atoms with Crippen LogP contribution >= 0.6 is 11.3 Å². The van der Waals surface area contributed by atoms with Gasteiger partial charge in [0.1, 0.15) is 16.5 Å². The molecule has 0 saturated carbocycles. The number of rotatable bonds is 2. The molecule has 2 rings (SSSR count). The van der Waals surface area contributed by atoms with Gasteiger partial charge in [0.25, 0.3) is 0 Å². The van der Waals surface area contributed by atoms with Crippen LogP contribution in [0.5, 0.6) is 0 Å². The molecule has 0 aliphatic carbocycles. The van der Waals surface area contributed by atoms with Gasteiger partial charge in [-0.05, 0) is 25.5 Å². The Balaban J connectivity index is 0.000000861. The van der Waals surface area contributed by atoms with Crippen molar-refractivity contribution in [2.24, 2.45) is 0 Å². The fourth-order valence-corrected chi connectivity index (χ4v) is 2.42. The van der Waals surface area contributed by atoms with Gasteiger partial charge in [0.15, 0.2) is 0 Å². The van der Waals surface area contributed by atoms with Gasteiger partial charge < -0.3 is 5.73 Å². The highest BCUT2D eigenvalue weighted by atomic mass is 32.1. The number of nitrogen functional groups attached to an aromatic ring is 1. The molecule has 1 heterocycles. The minimum absolute atomic E-state index is 0.0721. The normalized spacial score (nSPS) is 9.74. The maximum Gasteiger partial charge on any atom is 0.209 e. The van der Waals surface area contributed by atoms with Gasteiger partial charge in [0, 0.05) is 0 Å². The molecule has 5 heteroatoms. The van der Waals surface area contributed by atoms with Crippen molar-refractivity contribution in [3.63, 3.8) is 0 Å². The number of halogens is 1. The SMILES string of the molecule is CC.Cc1nc(N)c(C(=O)c2c(C)cccc2F)s1. The number of benzene rings is 1. The summed E-state index contributed by atoms with van der Waals surface area (Å²) in [5.41, 5.74) is 6.31. The number of ketones is 1. The number of nitrogens with zero attached hydrogens (tertiary/aromatic N) is 1. The Kier molecular flexibility index (Phi) is 5.18. The van der Waals surface area contributed by atoms with E-state index in [9.17, 15) is 9.18 Å². The number of aromatic nitrogens is 1. The lowest BCUT2D eigenvalue weighted by Crippen LogP contribution is -2.07. The van der Waals surface area contributed by atoms with Gasteiger partial charge in [-0.15, -0.1) is 11.3 Å². The Morgan fingerprint density at radius 1 is 1.32 bits per heavy atom. The van der Waals surface area contributed by atoms with Crippen LogP contribution < -0.4 is 5.73 Å². The molecule has 0 radical (unpaired) electrons. The molecular weight excluding hydrogens is 263 g/mol. The highest BCUT2D eigenvalue weighted by molar-refractivity contribution is 7.14. The summed E-state index contributed by atoms with van der Waals surface area (Å²) in [4.78, 5) is 16.4. The van der Waals surface area contributed by atoms with E-state index < -0.39 is 11.6 Å². The molecule has 19 heavy (non-hydrogen) atoms. The van der Waals surface area contributed by atoms with E-state index >= 15 is 0 Å². The van der Waals surface area contributed by atoms with Crippen LogP contribution in [-0.2, 0) is 0 Å². The second kappa shape index (κ2) is 6.43. The number of hydrogen-bond acceptors (Lipinski definition) is 4. The quantitative estimate of drug-likeness (QED) is 0.853. The number of carbonyl (C=O) groups is 1. The fourth-order valence-electron chi connectivity index (χ4n) is 1.64. The van der Waals surface area contributed by atoms with Crippen LogP contribution in [0.2, 0.25) is 0 Å². The average molecular weight is 280 g/mol. The number of nitrogens with two attached hydrogens (primary N) is 1. The molecule has 2 N–H and O–H groups in total. The Hall–Kier alpha value is -1.75. The Morgan fingerprint density at radius 3 is 2.42 bits per heavy atom. The zero-order chi connectivity index (χ0) is 14.6. The monoisotopic (exact) mass is 280 g/mol. The molecule has 102 valence electrons. The summed E-state index contributed by atoms with van der Waals surface area (Å²) < 4.78 is 13.6. The predicted octanol–water partition coefficient (Wildman–Crippen LogP) is 3.74. The summed E-state index contributed by atoms with van der Waals surface area (Å²) in [7, 11) is 0. The molecule has 2 aromatic rings. The number of anilines is 1. The first kappa shape index (κ1) is 15.3. The topological polar surface area (TPSA) is 56.0 Å². The molecule has 3 nitrogen and oxygen atoms in total. The number of hydrogen-bond donors (Lipinski definition) is 1. The molecule has 0 amide bonds. The molecule has 1 aromatic carbocycles. The largest absolute Gasteiger partial charge is 0.382 e. The van der Waals surface area contributed by atoms with Crippen LogP contribution in [0.15, 0.2) is 18.2 Å². The van der Waals surface area contributed by atoms with Crippen LogP contribution in [0.1, 0.15) is 39.7 Å². The number of aryl methyl sites for hydroxylation is 2. The number of carbonyl (C=O) groups excluding carboxylic acids is 1. The van der Waals surface area contributed by atoms with E-state index in [4.69, 9.17) is 5.73 Å². The summed E-state index contributed by atoms with van der Waals surface area (Å²) in [6.07, 6.45) is 0. The van der Waals surface area contributed by atoms with Crippen molar-refractivity contribution >= 4 is 22.9 Å². The highest BCUT2D eigenvalue weighted by Crippen LogP contribution is 2.25. The molecule has 0 atom stereocenters. The summed E-state index contributed by atoms with van der Waals surface area (Å²) in [6.45, 7) is 7.45. The summed E-state index contributed by atoms with van der Waals surface area (Å²) in [5.74, 6) is -0.760. The Labute approximate surface area is 116 Å². The van der Waals surface area contributed by atoms with Crippen molar-refractivity contribution in [2.45, 2.75) is 27.7 Å². The third-order valence-corrected chi connectivity index (χ3v) is 3.40. The van der Waals surface area contributed by atoms with E-state index in [1.165, 1.54) is 17.4 Å². The van der Waals surface area contributed by atoms with Crippen molar-refractivity contribution in [1.82, 2.24) is 4.98 Å². The van der Waals surface area contributed by atoms with Gasteiger partial charge in [-0.1, -0.05) is 26.0 Å². The lowest BCUT2D eigenvalue weighted by Gasteiger charge is -2.04. The standard InChI is InChI=1S/C12H11FN2OS.C2H6/c1-6-4-3-5-8(13)9(6)10(16)11-12(14)15-7(2)17-11;1-2/h3-5H,14H2,1-2H3;1-2H3. The molecule has 0 aliphatic rings. The van der Waals surface area contributed by atoms with Crippen LogP contribution in [0.4, 0.5) is 10.2 Å². The third kappa shape index (κ3) is 3.17. The molecule has 0 aliphatic heterocycles. The number of thiazole rings is 1. The molecule has 0 unspecified atom stereocenters. The third-order valence-electron chi connectivity index (χ3n) is 2.42. The smallest absolute Gasteiger partial charge is 0.209 e. The highest BCUT2D eigenvalue weighted by Gasteiger charge is 2.21. The molecule has 0 bridgehead atoms. The summed E-state index contributed by atoms with van der Waals surface area (Å²) in [5, 5.41) is 0.694. The first-order valence-electron chi connectivity index (χ1n) is 6.03. The van der Waals surface area contributed by atoms with E-state index in [1.54, 1.807) is 26.0 Å². The molecular formula is C14H17FN2OS. The first-order valence-corrected chi connectivity index (χ1v) is 6.85. The lowest BCUT2D eigenvalue weighted by molar-refractivity contribution is 0.103. The molecule has 1 aromatic heterocycles. The van der Waals surface area contributed by atoms with Crippen molar-refractivity contribution in [1.29, 1.82) is 0 Å². The minimum Gasteiger partial charge on any atom is -0.382 e. The van der Waals surface area contributed by atoms with Crippen LogP contribution in [0, 0.1) is 19.7 Å². The van der Waals surface area contributed by atoms with Gasteiger partial charge >= 0.3 is 0 Å². The summed E-state index contributed by atoms with van der Waals surface area (Å²) >= 11 is 1.18. The van der Waals surface area contributed by atoms with Gasteiger partial charge in [-0.25, -0.2) is 9.37 Å².